The molecule has 1 aromatic carbocycles. The summed E-state index contributed by atoms with van der Waals surface area (Å²) in [6.07, 6.45) is 4.25. The van der Waals surface area contributed by atoms with Crippen LogP contribution >= 0.6 is 0 Å². The van der Waals surface area contributed by atoms with Gasteiger partial charge < -0.3 is 4.81 Å². The number of amides is 2. The molecule has 2 aliphatic rings. The average Bonchev–Trinajstić information content (AvgIpc) is 2.70. The van der Waals surface area contributed by atoms with Gasteiger partial charge in [0, 0.05) is 13.1 Å². The summed E-state index contributed by atoms with van der Waals surface area (Å²) in [5.74, 6) is -0.349. The number of carbonyl (C=O) groups is 2. The molecule has 1 aromatic rings. The Morgan fingerprint density at radius 2 is 1.80 bits per heavy atom. The summed E-state index contributed by atoms with van der Waals surface area (Å²) in [4.78, 5) is 28.0. The number of imide groups is 1. The SMILES string of the molecule is BN1CCC/C(=C/CN2C(=O)c3ccccc3C2=O)C1. The van der Waals surface area contributed by atoms with Gasteiger partial charge in [0.15, 0.2) is 7.98 Å². The van der Waals surface area contributed by atoms with E-state index in [1.807, 2.05) is 6.08 Å². The molecule has 0 aromatic heterocycles. The molecule has 0 aliphatic carbocycles. The van der Waals surface area contributed by atoms with E-state index in [2.05, 4.69) is 12.8 Å². The maximum absolute atomic E-state index is 12.2. The minimum Gasteiger partial charge on any atom is -0.345 e. The molecule has 0 saturated carbocycles. The van der Waals surface area contributed by atoms with E-state index in [1.54, 1.807) is 24.3 Å². The van der Waals surface area contributed by atoms with Gasteiger partial charge in [-0.1, -0.05) is 23.8 Å². The van der Waals surface area contributed by atoms with E-state index in [4.69, 9.17) is 0 Å². The van der Waals surface area contributed by atoms with Crippen LogP contribution in [0.25, 0.3) is 0 Å². The smallest absolute Gasteiger partial charge is 0.261 e. The monoisotopic (exact) mass is 268 g/mol. The normalized spacial score (nSPS) is 21.6. The van der Waals surface area contributed by atoms with Gasteiger partial charge in [-0.15, -0.1) is 0 Å². The third-order valence-corrected chi connectivity index (χ3v) is 3.95. The van der Waals surface area contributed by atoms with Crippen molar-refractivity contribution in [1.29, 1.82) is 0 Å². The van der Waals surface area contributed by atoms with Gasteiger partial charge in [0.1, 0.15) is 0 Å². The first-order valence-electron chi connectivity index (χ1n) is 6.98. The van der Waals surface area contributed by atoms with Crippen LogP contribution in [-0.4, -0.2) is 49.1 Å². The van der Waals surface area contributed by atoms with E-state index in [0.29, 0.717) is 17.7 Å². The van der Waals surface area contributed by atoms with Gasteiger partial charge in [-0.2, -0.15) is 0 Å². The highest BCUT2D eigenvalue weighted by Crippen LogP contribution is 2.23. The van der Waals surface area contributed by atoms with Crippen molar-refractivity contribution in [2.75, 3.05) is 19.6 Å². The molecule has 3 rings (SSSR count). The predicted octanol–water partition coefficient (Wildman–Crippen LogP) is 0.853. The summed E-state index contributed by atoms with van der Waals surface area (Å²) in [7, 11) is 2.09. The largest absolute Gasteiger partial charge is 0.345 e. The highest BCUT2D eigenvalue weighted by atomic mass is 16.2. The lowest BCUT2D eigenvalue weighted by atomic mass is 10.0. The van der Waals surface area contributed by atoms with Crippen molar-refractivity contribution in [2.24, 2.45) is 0 Å². The third kappa shape index (κ3) is 2.29. The second-order valence-corrected chi connectivity index (χ2v) is 5.47. The molecule has 0 spiro atoms. The summed E-state index contributed by atoms with van der Waals surface area (Å²) in [5, 5.41) is 0. The summed E-state index contributed by atoms with van der Waals surface area (Å²) in [6, 6.07) is 7.03. The molecular weight excluding hydrogens is 251 g/mol. The molecule has 0 N–H and O–H groups in total. The van der Waals surface area contributed by atoms with E-state index in [1.165, 1.54) is 10.5 Å². The van der Waals surface area contributed by atoms with E-state index >= 15 is 0 Å². The van der Waals surface area contributed by atoms with E-state index in [-0.39, 0.29) is 11.8 Å². The minimum absolute atomic E-state index is 0.174. The molecule has 0 atom stereocenters. The number of piperidine rings is 1. The van der Waals surface area contributed by atoms with Gasteiger partial charge in [0.2, 0.25) is 0 Å². The first kappa shape index (κ1) is 13.1. The van der Waals surface area contributed by atoms with Crippen LogP contribution < -0.4 is 0 Å². The minimum atomic E-state index is -0.174. The maximum Gasteiger partial charge on any atom is 0.261 e. The Labute approximate surface area is 119 Å². The Balaban J connectivity index is 1.75. The number of carbonyl (C=O) groups excluding carboxylic acids is 2. The highest BCUT2D eigenvalue weighted by Gasteiger charge is 2.34. The van der Waals surface area contributed by atoms with E-state index in [0.717, 1.165) is 25.9 Å². The molecule has 102 valence electrons. The van der Waals surface area contributed by atoms with Crippen molar-refractivity contribution in [3.8, 4) is 0 Å². The number of nitrogens with zero attached hydrogens (tertiary/aromatic N) is 2. The fourth-order valence-corrected chi connectivity index (χ4v) is 2.87. The van der Waals surface area contributed by atoms with Gasteiger partial charge in [0.05, 0.1) is 11.1 Å². The topological polar surface area (TPSA) is 40.6 Å². The van der Waals surface area contributed by atoms with Crippen LogP contribution in [0.2, 0.25) is 0 Å². The molecule has 2 amide bonds. The second-order valence-electron chi connectivity index (χ2n) is 5.47. The van der Waals surface area contributed by atoms with Crippen molar-refractivity contribution in [3.05, 3.63) is 47.0 Å². The zero-order chi connectivity index (χ0) is 14.1. The van der Waals surface area contributed by atoms with Gasteiger partial charge in [-0.3, -0.25) is 14.5 Å². The number of benzene rings is 1. The van der Waals surface area contributed by atoms with Crippen molar-refractivity contribution in [1.82, 2.24) is 9.71 Å². The molecule has 0 bridgehead atoms. The van der Waals surface area contributed by atoms with Crippen LogP contribution in [0.1, 0.15) is 33.6 Å². The summed E-state index contributed by atoms with van der Waals surface area (Å²) < 4.78 is 0. The van der Waals surface area contributed by atoms with Gasteiger partial charge in [-0.05, 0) is 31.5 Å². The molecule has 5 heteroatoms. The Bertz CT molecular complexity index is 562. The Morgan fingerprint density at radius 3 is 2.40 bits per heavy atom. The van der Waals surface area contributed by atoms with Crippen molar-refractivity contribution < 1.29 is 9.59 Å². The van der Waals surface area contributed by atoms with Crippen LogP contribution in [0.5, 0.6) is 0 Å². The molecule has 0 unspecified atom stereocenters. The molecule has 2 aliphatic heterocycles. The van der Waals surface area contributed by atoms with Crippen LogP contribution in [0.4, 0.5) is 0 Å². The molecule has 2 heterocycles. The maximum atomic E-state index is 12.2. The van der Waals surface area contributed by atoms with E-state index in [9.17, 15) is 9.59 Å². The van der Waals surface area contributed by atoms with Crippen molar-refractivity contribution in [2.45, 2.75) is 12.8 Å². The molecule has 4 nitrogen and oxygen atoms in total. The Hall–Kier alpha value is -1.88. The van der Waals surface area contributed by atoms with E-state index < -0.39 is 0 Å². The first-order chi connectivity index (χ1) is 9.66. The molecule has 1 fully saturated rings. The fourth-order valence-electron chi connectivity index (χ4n) is 2.87. The number of rotatable bonds is 2. The lowest BCUT2D eigenvalue weighted by Gasteiger charge is -2.25. The van der Waals surface area contributed by atoms with Crippen LogP contribution in [0.15, 0.2) is 35.9 Å². The fraction of sp³-hybridized carbons (Fsp3) is 0.333. The molecule has 20 heavy (non-hydrogen) atoms. The van der Waals surface area contributed by atoms with Crippen LogP contribution in [0, 0.1) is 0 Å². The van der Waals surface area contributed by atoms with Gasteiger partial charge in [-0.25, -0.2) is 0 Å². The molecule has 1 saturated heterocycles. The zero-order valence-electron chi connectivity index (χ0n) is 11.6. The number of fused-ring (bicyclic) bond motifs is 1. The second kappa shape index (κ2) is 5.25. The van der Waals surface area contributed by atoms with Gasteiger partial charge in [0.25, 0.3) is 11.8 Å². The quantitative estimate of drug-likeness (QED) is 0.453. The molecular formula is C15H17BN2O2. The lowest BCUT2D eigenvalue weighted by Crippen LogP contribution is -2.32. The van der Waals surface area contributed by atoms with Crippen molar-refractivity contribution >= 4 is 19.8 Å². The summed E-state index contributed by atoms with van der Waals surface area (Å²) in [6.45, 7) is 2.43. The number of hydrogen-bond acceptors (Lipinski definition) is 3. The Kier molecular flexibility index (Phi) is 3.44. The zero-order valence-corrected chi connectivity index (χ0v) is 11.6. The van der Waals surface area contributed by atoms with Crippen molar-refractivity contribution in [3.63, 3.8) is 0 Å². The summed E-state index contributed by atoms with van der Waals surface area (Å²) >= 11 is 0. The average molecular weight is 268 g/mol. The van der Waals surface area contributed by atoms with Crippen LogP contribution in [0.3, 0.4) is 0 Å². The molecule has 0 radical (unpaired) electrons. The highest BCUT2D eigenvalue weighted by molar-refractivity contribution is 6.21. The summed E-state index contributed by atoms with van der Waals surface area (Å²) in [5.41, 5.74) is 2.36. The first-order valence-corrected chi connectivity index (χ1v) is 6.98. The standard InChI is InChI=1S/C15H17BN2O2/c16-17-8-3-4-11(10-17)7-9-18-14(19)12-5-1-2-6-13(12)15(18)20/h1-2,5-7H,3-4,8-10,16H2/b11-7-. The Morgan fingerprint density at radius 1 is 1.15 bits per heavy atom. The lowest BCUT2D eigenvalue weighted by molar-refractivity contribution is 0.0671. The predicted molar refractivity (Wildman–Crippen MR) is 79.2 cm³/mol. The van der Waals surface area contributed by atoms with Gasteiger partial charge >= 0.3 is 0 Å². The third-order valence-electron chi connectivity index (χ3n) is 3.95. The van der Waals surface area contributed by atoms with Crippen LogP contribution in [-0.2, 0) is 0 Å². The number of hydrogen-bond donors (Lipinski definition) is 0.